The summed E-state index contributed by atoms with van der Waals surface area (Å²) in [6, 6.07) is 8.28. The third kappa shape index (κ3) is 5.17. The zero-order valence-corrected chi connectivity index (χ0v) is 18.1. The van der Waals surface area contributed by atoms with Crippen LogP contribution < -0.4 is 0 Å². The summed E-state index contributed by atoms with van der Waals surface area (Å²) in [6.07, 6.45) is 1.53. The minimum absolute atomic E-state index is 0.0526. The summed E-state index contributed by atoms with van der Waals surface area (Å²) < 4.78 is 0. The van der Waals surface area contributed by atoms with Gasteiger partial charge in [-0.2, -0.15) is 0 Å². The van der Waals surface area contributed by atoms with E-state index in [0.29, 0.717) is 45.6 Å². The molecule has 2 aliphatic heterocycles. The molecule has 6 nitrogen and oxygen atoms in total. The highest BCUT2D eigenvalue weighted by atomic mass is 16.2. The number of carbonyl (C=O) groups excluding carboxylic acids is 3. The van der Waals surface area contributed by atoms with Crippen molar-refractivity contribution in [2.45, 2.75) is 52.5 Å². The number of hydrogen-bond donors (Lipinski definition) is 0. The van der Waals surface area contributed by atoms with Crippen molar-refractivity contribution in [1.82, 2.24) is 14.7 Å². The van der Waals surface area contributed by atoms with Crippen LogP contribution >= 0.6 is 0 Å². The molecular weight excluding hydrogens is 366 g/mol. The SMILES string of the molecule is Cc1ccc(CCC(=O)N2CCN(C(=O)C3CC(=O)N(C(C)(C)C)C3)CC2)cc1. The second-order valence-corrected chi connectivity index (χ2v) is 9.27. The Morgan fingerprint density at radius 2 is 1.59 bits per heavy atom. The van der Waals surface area contributed by atoms with Crippen molar-refractivity contribution in [3.63, 3.8) is 0 Å². The van der Waals surface area contributed by atoms with Gasteiger partial charge in [0.15, 0.2) is 0 Å². The maximum atomic E-state index is 12.9. The second-order valence-electron chi connectivity index (χ2n) is 9.27. The van der Waals surface area contributed by atoms with Crippen LogP contribution in [0.4, 0.5) is 0 Å². The van der Waals surface area contributed by atoms with Gasteiger partial charge in [0.2, 0.25) is 17.7 Å². The minimum Gasteiger partial charge on any atom is -0.339 e. The van der Waals surface area contributed by atoms with Crippen LogP contribution in [0.1, 0.15) is 44.7 Å². The van der Waals surface area contributed by atoms with Gasteiger partial charge in [0.25, 0.3) is 0 Å². The Morgan fingerprint density at radius 1 is 1.00 bits per heavy atom. The van der Waals surface area contributed by atoms with Gasteiger partial charge in [-0.1, -0.05) is 29.8 Å². The normalized spacial score (nSPS) is 20.3. The number of aryl methyl sites for hydroxylation is 2. The first-order valence-electron chi connectivity index (χ1n) is 10.6. The van der Waals surface area contributed by atoms with Gasteiger partial charge in [-0.15, -0.1) is 0 Å². The van der Waals surface area contributed by atoms with Crippen LogP contribution in [-0.2, 0) is 20.8 Å². The van der Waals surface area contributed by atoms with E-state index in [1.54, 1.807) is 4.90 Å². The molecule has 0 aliphatic carbocycles. The van der Waals surface area contributed by atoms with E-state index in [0.717, 1.165) is 6.42 Å². The summed E-state index contributed by atoms with van der Waals surface area (Å²) in [6.45, 7) is 10.8. The summed E-state index contributed by atoms with van der Waals surface area (Å²) in [7, 11) is 0. The third-order valence-electron chi connectivity index (χ3n) is 5.98. The Morgan fingerprint density at radius 3 is 2.14 bits per heavy atom. The fourth-order valence-corrected chi connectivity index (χ4v) is 4.12. The largest absolute Gasteiger partial charge is 0.339 e. The lowest BCUT2D eigenvalue weighted by atomic mass is 10.1. The molecule has 2 fully saturated rings. The maximum Gasteiger partial charge on any atom is 0.228 e. The Balaban J connectivity index is 1.46. The quantitative estimate of drug-likeness (QED) is 0.780. The van der Waals surface area contributed by atoms with Gasteiger partial charge in [-0.05, 0) is 39.7 Å². The first-order chi connectivity index (χ1) is 13.6. The lowest BCUT2D eigenvalue weighted by Gasteiger charge is -2.36. The molecule has 3 rings (SSSR count). The average molecular weight is 400 g/mol. The lowest BCUT2D eigenvalue weighted by Crippen LogP contribution is -2.52. The fraction of sp³-hybridized carbons (Fsp3) is 0.609. The van der Waals surface area contributed by atoms with Crippen LogP contribution in [-0.4, -0.2) is 70.7 Å². The molecule has 6 heteroatoms. The molecule has 2 heterocycles. The minimum atomic E-state index is -0.259. The number of carbonyl (C=O) groups is 3. The Kier molecular flexibility index (Phi) is 6.30. The van der Waals surface area contributed by atoms with Crippen LogP contribution in [0.15, 0.2) is 24.3 Å². The Bertz CT molecular complexity index is 759. The summed E-state index contributed by atoms with van der Waals surface area (Å²) in [5.74, 6) is -0.00392. The number of piperazine rings is 1. The van der Waals surface area contributed by atoms with Crippen molar-refractivity contribution in [3.05, 3.63) is 35.4 Å². The van der Waals surface area contributed by atoms with E-state index >= 15 is 0 Å². The summed E-state index contributed by atoms with van der Waals surface area (Å²) in [5, 5.41) is 0. The van der Waals surface area contributed by atoms with Gasteiger partial charge in [0, 0.05) is 51.1 Å². The highest BCUT2D eigenvalue weighted by molar-refractivity contribution is 5.89. The molecule has 0 N–H and O–H groups in total. The van der Waals surface area contributed by atoms with Gasteiger partial charge >= 0.3 is 0 Å². The maximum absolute atomic E-state index is 12.9. The Hall–Kier alpha value is -2.37. The highest BCUT2D eigenvalue weighted by Gasteiger charge is 2.41. The molecule has 2 aliphatic rings. The number of rotatable bonds is 4. The first kappa shape index (κ1) is 21.3. The number of hydrogen-bond acceptors (Lipinski definition) is 3. The van der Waals surface area contributed by atoms with E-state index in [1.807, 2.05) is 30.6 Å². The van der Waals surface area contributed by atoms with E-state index < -0.39 is 0 Å². The molecule has 0 spiro atoms. The molecule has 1 unspecified atom stereocenters. The van der Waals surface area contributed by atoms with Crippen molar-refractivity contribution >= 4 is 17.7 Å². The molecule has 0 aromatic heterocycles. The smallest absolute Gasteiger partial charge is 0.228 e. The van der Waals surface area contributed by atoms with Crippen LogP contribution in [0.25, 0.3) is 0 Å². The molecule has 29 heavy (non-hydrogen) atoms. The average Bonchev–Trinajstić information content (AvgIpc) is 3.09. The van der Waals surface area contributed by atoms with E-state index in [4.69, 9.17) is 0 Å². The van der Waals surface area contributed by atoms with Crippen molar-refractivity contribution in [1.29, 1.82) is 0 Å². The van der Waals surface area contributed by atoms with Gasteiger partial charge in [-0.3, -0.25) is 14.4 Å². The van der Waals surface area contributed by atoms with Gasteiger partial charge < -0.3 is 14.7 Å². The number of nitrogens with zero attached hydrogens (tertiary/aromatic N) is 3. The molecule has 3 amide bonds. The zero-order chi connectivity index (χ0) is 21.2. The van der Waals surface area contributed by atoms with Crippen LogP contribution in [0.3, 0.4) is 0 Å². The van der Waals surface area contributed by atoms with E-state index in [-0.39, 0.29) is 29.2 Å². The summed E-state index contributed by atoms with van der Waals surface area (Å²) in [4.78, 5) is 43.2. The molecule has 2 saturated heterocycles. The van der Waals surface area contributed by atoms with Crippen molar-refractivity contribution in [2.24, 2.45) is 5.92 Å². The molecular formula is C23H33N3O3. The van der Waals surface area contributed by atoms with Crippen LogP contribution in [0, 0.1) is 12.8 Å². The number of amides is 3. The number of likely N-dealkylation sites (tertiary alicyclic amines) is 1. The van der Waals surface area contributed by atoms with E-state index in [9.17, 15) is 14.4 Å². The summed E-state index contributed by atoms with van der Waals surface area (Å²) >= 11 is 0. The van der Waals surface area contributed by atoms with Crippen LogP contribution in [0.2, 0.25) is 0 Å². The van der Waals surface area contributed by atoms with Gasteiger partial charge in [0.1, 0.15) is 0 Å². The predicted octanol–water partition coefficient (Wildman–Crippen LogP) is 2.25. The molecule has 0 saturated carbocycles. The van der Waals surface area contributed by atoms with Crippen molar-refractivity contribution in [3.8, 4) is 0 Å². The van der Waals surface area contributed by atoms with E-state index in [2.05, 4.69) is 31.2 Å². The van der Waals surface area contributed by atoms with Crippen molar-refractivity contribution < 1.29 is 14.4 Å². The Labute approximate surface area is 173 Å². The van der Waals surface area contributed by atoms with Gasteiger partial charge in [0.05, 0.1) is 5.92 Å². The molecule has 0 bridgehead atoms. The fourth-order valence-electron chi connectivity index (χ4n) is 4.12. The topological polar surface area (TPSA) is 60.9 Å². The van der Waals surface area contributed by atoms with Crippen LogP contribution in [0.5, 0.6) is 0 Å². The van der Waals surface area contributed by atoms with E-state index in [1.165, 1.54) is 11.1 Å². The molecule has 1 aromatic carbocycles. The third-order valence-corrected chi connectivity index (χ3v) is 5.98. The number of benzene rings is 1. The first-order valence-corrected chi connectivity index (χ1v) is 10.6. The molecule has 1 atom stereocenters. The predicted molar refractivity (Wildman–Crippen MR) is 112 cm³/mol. The monoisotopic (exact) mass is 399 g/mol. The van der Waals surface area contributed by atoms with Gasteiger partial charge in [-0.25, -0.2) is 0 Å². The summed E-state index contributed by atoms with van der Waals surface area (Å²) in [5.41, 5.74) is 2.14. The second kappa shape index (κ2) is 8.56. The molecule has 1 aromatic rings. The lowest BCUT2D eigenvalue weighted by molar-refractivity contribution is -0.142. The molecule has 158 valence electrons. The van der Waals surface area contributed by atoms with Crippen molar-refractivity contribution in [2.75, 3.05) is 32.7 Å². The zero-order valence-electron chi connectivity index (χ0n) is 18.1. The highest BCUT2D eigenvalue weighted by Crippen LogP contribution is 2.27. The molecule has 0 radical (unpaired) electrons. The standard InChI is InChI=1S/C23H33N3O3/c1-17-5-7-18(8-6-17)9-10-20(27)24-11-13-25(14-12-24)22(29)19-15-21(28)26(16-19)23(2,3)4/h5-8,19H,9-16H2,1-4H3.